The molecule has 1 aliphatic rings. The summed E-state index contributed by atoms with van der Waals surface area (Å²) in [5, 5.41) is 5.88. The van der Waals surface area contributed by atoms with Crippen molar-refractivity contribution in [3.05, 3.63) is 20.9 Å². The third kappa shape index (κ3) is 5.01. The van der Waals surface area contributed by atoms with Gasteiger partial charge < -0.3 is 4.74 Å². The van der Waals surface area contributed by atoms with Crippen LogP contribution in [0.3, 0.4) is 0 Å². The molecular formula is C19H31ClN2O2S. The van der Waals surface area contributed by atoms with Crippen LogP contribution in [0.25, 0.3) is 0 Å². The standard InChI is InChI=1S/C19H31ClN2O2S/c1-12(2)24-11-13-7-9-14(10-8-13)15-16(20)18(23)22(19(3,4)5)21-17(15)25-6/h12-14H,7-11H2,1-6H3. The smallest absolute Gasteiger partial charge is 0.286 e. The maximum atomic E-state index is 12.7. The topological polar surface area (TPSA) is 44.1 Å². The van der Waals surface area contributed by atoms with Crippen LogP contribution in [0, 0.1) is 5.92 Å². The molecule has 0 radical (unpaired) electrons. The second-order valence-electron chi connectivity index (χ2n) is 8.22. The minimum Gasteiger partial charge on any atom is -0.379 e. The van der Waals surface area contributed by atoms with Crippen molar-refractivity contribution in [1.29, 1.82) is 0 Å². The molecule has 0 atom stereocenters. The second-order valence-corrected chi connectivity index (χ2v) is 9.40. The zero-order chi connectivity index (χ0) is 18.8. The van der Waals surface area contributed by atoms with Gasteiger partial charge in [-0.05, 0) is 78.4 Å². The van der Waals surface area contributed by atoms with Crippen molar-refractivity contribution >= 4 is 23.4 Å². The van der Waals surface area contributed by atoms with Gasteiger partial charge in [0.1, 0.15) is 10.0 Å². The first-order chi connectivity index (χ1) is 11.6. The Morgan fingerprint density at radius 1 is 1.28 bits per heavy atom. The average molecular weight is 387 g/mol. The van der Waals surface area contributed by atoms with E-state index in [1.54, 1.807) is 11.8 Å². The molecule has 0 bridgehead atoms. The molecule has 1 aliphatic carbocycles. The molecule has 6 heteroatoms. The maximum Gasteiger partial charge on any atom is 0.286 e. The van der Waals surface area contributed by atoms with Crippen LogP contribution < -0.4 is 5.56 Å². The first-order valence-corrected chi connectivity index (χ1v) is 10.7. The Balaban J connectivity index is 2.23. The Kier molecular flexibility index (Phi) is 7.02. The van der Waals surface area contributed by atoms with E-state index in [9.17, 15) is 4.79 Å². The largest absolute Gasteiger partial charge is 0.379 e. The molecule has 1 fully saturated rings. The van der Waals surface area contributed by atoms with Crippen LogP contribution in [0.4, 0.5) is 0 Å². The van der Waals surface area contributed by atoms with Crippen LogP contribution in [0.2, 0.25) is 5.02 Å². The van der Waals surface area contributed by atoms with Crippen molar-refractivity contribution < 1.29 is 4.74 Å². The van der Waals surface area contributed by atoms with E-state index >= 15 is 0 Å². The lowest BCUT2D eigenvalue weighted by atomic mass is 9.79. The highest BCUT2D eigenvalue weighted by Gasteiger charge is 2.30. The van der Waals surface area contributed by atoms with Crippen LogP contribution in [0.1, 0.15) is 71.8 Å². The highest BCUT2D eigenvalue weighted by Crippen LogP contribution is 2.41. The molecule has 2 rings (SSSR count). The van der Waals surface area contributed by atoms with E-state index in [1.165, 1.54) is 4.68 Å². The summed E-state index contributed by atoms with van der Waals surface area (Å²) in [6, 6.07) is 0. The Hall–Kier alpha value is -0.520. The molecule has 1 aromatic rings. The van der Waals surface area contributed by atoms with Crippen molar-refractivity contribution in [3.63, 3.8) is 0 Å². The molecule has 0 N–H and O–H groups in total. The van der Waals surface area contributed by atoms with Crippen molar-refractivity contribution in [1.82, 2.24) is 9.78 Å². The fourth-order valence-electron chi connectivity index (χ4n) is 3.40. The second kappa shape index (κ2) is 8.45. The lowest BCUT2D eigenvalue weighted by Gasteiger charge is -2.31. The Morgan fingerprint density at radius 3 is 2.36 bits per heavy atom. The van der Waals surface area contributed by atoms with Gasteiger partial charge in [0.2, 0.25) is 0 Å². The first kappa shape index (κ1) is 20.8. The number of rotatable bonds is 5. The van der Waals surface area contributed by atoms with Gasteiger partial charge in [0.05, 0.1) is 11.6 Å². The zero-order valence-corrected chi connectivity index (χ0v) is 17.8. The summed E-state index contributed by atoms with van der Waals surface area (Å²) >= 11 is 8.13. The molecule has 4 nitrogen and oxygen atoms in total. The van der Waals surface area contributed by atoms with E-state index in [4.69, 9.17) is 16.3 Å². The van der Waals surface area contributed by atoms with Crippen LogP contribution in [-0.2, 0) is 10.3 Å². The molecule has 1 saturated carbocycles. The van der Waals surface area contributed by atoms with Gasteiger partial charge in [0.25, 0.3) is 5.56 Å². The highest BCUT2D eigenvalue weighted by atomic mass is 35.5. The molecule has 1 aromatic heterocycles. The number of thioether (sulfide) groups is 1. The summed E-state index contributed by atoms with van der Waals surface area (Å²) in [4.78, 5) is 12.7. The van der Waals surface area contributed by atoms with E-state index in [-0.39, 0.29) is 17.2 Å². The van der Waals surface area contributed by atoms with Gasteiger partial charge in [-0.2, -0.15) is 5.10 Å². The number of hydrogen-bond donors (Lipinski definition) is 0. The molecule has 0 unspecified atom stereocenters. The summed E-state index contributed by atoms with van der Waals surface area (Å²) in [7, 11) is 0. The Morgan fingerprint density at radius 2 is 1.88 bits per heavy atom. The molecule has 1 heterocycles. The summed E-state index contributed by atoms with van der Waals surface area (Å²) in [5.74, 6) is 0.929. The van der Waals surface area contributed by atoms with Crippen molar-refractivity contribution in [3.8, 4) is 0 Å². The van der Waals surface area contributed by atoms with Gasteiger partial charge in [-0.1, -0.05) is 11.6 Å². The summed E-state index contributed by atoms with van der Waals surface area (Å²) in [6.07, 6.45) is 6.60. The lowest BCUT2D eigenvalue weighted by Crippen LogP contribution is -2.37. The van der Waals surface area contributed by atoms with Gasteiger partial charge in [0, 0.05) is 12.2 Å². The third-order valence-electron chi connectivity index (χ3n) is 4.79. The molecular weight excluding hydrogens is 356 g/mol. The molecule has 0 aromatic carbocycles. The van der Waals surface area contributed by atoms with Gasteiger partial charge in [-0.15, -0.1) is 11.8 Å². The molecule has 0 amide bonds. The third-order valence-corrected chi connectivity index (χ3v) is 5.84. The van der Waals surface area contributed by atoms with Crippen molar-refractivity contribution in [2.75, 3.05) is 12.9 Å². The zero-order valence-electron chi connectivity index (χ0n) is 16.3. The lowest BCUT2D eigenvalue weighted by molar-refractivity contribution is 0.0396. The Bertz CT molecular complexity index is 644. The number of aromatic nitrogens is 2. The van der Waals surface area contributed by atoms with E-state index in [0.29, 0.717) is 16.9 Å². The quantitative estimate of drug-likeness (QED) is 0.662. The minimum atomic E-state index is -0.379. The molecule has 142 valence electrons. The predicted molar refractivity (Wildman–Crippen MR) is 106 cm³/mol. The maximum absolute atomic E-state index is 12.7. The van der Waals surface area contributed by atoms with Crippen molar-refractivity contribution in [2.24, 2.45) is 5.92 Å². The van der Waals surface area contributed by atoms with Gasteiger partial charge in [-0.25, -0.2) is 4.68 Å². The molecule has 25 heavy (non-hydrogen) atoms. The summed E-state index contributed by atoms with van der Waals surface area (Å²) in [5.41, 5.74) is 0.408. The molecule has 0 saturated heterocycles. The van der Waals surface area contributed by atoms with E-state index < -0.39 is 0 Å². The number of ether oxygens (including phenoxy) is 1. The molecule has 0 aliphatic heterocycles. The summed E-state index contributed by atoms with van der Waals surface area (Å²) < 4.78 is 7.29. The van der Waals surface area contributed by atoms with Gasteiger partial charge >= 0.3 is 0 Å². The van der Waals surface area contributed by atoms with Crippen LogP contribution in [0.15, 0.2) is 9.82 Å². The molecule has 0 spiro atoms. The fourth-order valence-corrected chi connectivity index (χ4v) is 4.43. The number of halogens is 1. The number of hydrogen-bond acceptors (Lipinski definition) is 4. The van der Waals surface area contributed by atoms with Gasteiger partial charge in [-0.3, -0.25) is 4.79 Å². The highest BCUT2D eigenvalue weighted by molar-refractivity contribution is 7.98. The van der Waals surface area contributed by atoms with E-state index in [0.717, 1.165) is 42.9 Å². The van der Waals surface area contributed by atoms with Crippen molar-refractivity contribution in [2.45, 2.75) is 82.9 Å². The van der Waals surface area contributed by atoms with Crippen LogP contribution >= 0.6 is 23.4 Å². The van der Waals surface area contributed by atoms with E-state index in [1.807, 2.05) is 27.0 Å². The SMILES string of the molecule is CSc1nn(C(C)(C)C)c(=O)c(Cl)c1C1CCC(COC(C)C)CC1. The normalized spacial score (nSPS) is 21.8. The fraction of sp³-hybridized carbons (Fsp3) is 0.789. The first-order valence-electron chi connectivity index (χ1n) is 9.14. The van der Waals surface area contributed by atoms with Gasteiger partial charge in [0.15, 0.2) is 0 Å². The monoisotopic (exact) mass is 386 g/mol. The predicted octanol–water partition coefficient (Wildman–Crippen LogP) is 5.07. The number of nitrogens with zero attached hydrogens (tertiary/aromatic N) is 2. The summed E-state index contributed by atoms with van der Waals surface area (Å²) in [6.45, 7) is 10.9. The average Bonchev–Trinajstić information content (AvgIpc) is 2.54. The Labute approximate surface area is 160 Å². The van der Waals surface area contributed by atoms with E-state index in [2.05, 4.69) is 18.9 Å². The minimum absolute atomic E-state index is 0.174. The van der Waals surface area contributed by atoms with Crippen LogP contribution in [-0.4, -0.2) is 28.7 Å². The van der Waals surface area contributed by atoms with Crippen LogP contribution in [0.5, 0.6) is 0 Å².